The molecule has 0 N–H and O–H groups in total. The smallest absolute Gasteiger partial charge is 0.344 e. The first-order valence-electron chi connectivity index (χ1n) is 7.53. The number of benzene rings is 3. The number of rotatable bonds is 3. The summed E-state index contributed by atoms with van der Waals surface area (Å²) in [6, 6.07) is 23.6. The zero-order valence-corrected chi connectivity index (χ0v) is 12.7. The first kappa shape index (κ1) is 14.2. The third-order valence-electron chi connectivity index (χ3n) is 3.63. The molecule has 0 aliphatic rings. The predicted octanol–water partition coefficient (Wildman–Crippen LogP) is 4.71. The Kier molecular flexibility index (Phi) is 3.56. The molecule has 0 fully saturated rings. The number of oxazole rings is 1. The van der Waals surface area contributed by atoms with Crippen LogP contribution in [0.2, 0.25) is 0 Å². The Balaban J connectivity index is 1.73. The highest BCUT2D eigenvalue weighted by atomic mass is 16.5. The lowest BCUT2D eigenvalue weighted by atomic mass is 10.1. The van der Waals surface area contributed by atoms with E-state index in [1.54, 1.807) is 30.3 Å². The first-order valence-corrected chi connectivity index (χ1v) is 7.53. The van der Waals surface area contributed by atoms with Crippen LogP contribution in [0.3, 0.4) is 0 Å². The molecule has 0 unspecified atom stereocenters. The van der Waals surface area contributed by atoms with E-state index in [-0.39, 0.29) is 0 Å². The van der Waals surface area contributed by atoms with Crippen LogP contribution < -0.4 is 4.74 Å². The van der Waals surface area contributed by atoms with Crippen molar-refractivity contribution < 1.29 is 13.9 Å². The van der Waals surface area contributed by atoms with Crippen LogP contribution in [-0.4, -0.2) is 11.0 Å². The number of esters is 1. The summed E-state index contributed by atoms with van der Waals surface area (Å²) in [5.74, 6) is 0.450. The fourth-order valence-electron chi connectivity index (χ4n) is 2.49. The van der Waals surface area contributed by atoms with Gasteiger partial charge in [-0.3, -0.25) is 0 Å². The standard InChI is InChI=1S/C20H13NO3/c22-20(23-14-8-2-1-3-9-14)16-11-5-4-10-15(16)19-21-17-12-6-7-13-18(17)24-19/h1-13H. The SMILES string of the molecule is O=C(Oc1ccccc1)c1ccccc1-c1nc2ccccc2o1. The van der Waals surface area contributed by atoms with Crippen molar-refractivity contribution in [1.82, 2.24) is 4.98 Å². The van der Waals surface area contributed by atoms with Gasteiger partial charge in [-0.05, 0) is 36.4 Å². The number of carbonyl (C=O) groups is 1. The van der Waals surface area contributed by atoms with Gasteiger partial charge in [0.1, 0.15) is 11.3 Å². The molecule has 1 aromatic heterocycles. The molecule has 0 saturated carbocycles. The summed E-state index contributed by atoms with van der Waals surface area (Å²) >= 11 is 0. The summed E-state index contributed by atoms with van der Waals surface area (Å²) in [5.41, 5.74) is 2.44. The van der Waals surface area contributed by atoms with Crippen molar-refractivity contribution in [3.8, 4) is 17.2 Å². The zero-order valence-electron chi connectivity index (χ0n) is 12.7. The maximum atomic E-state index is 12.5. The Morgan fingerprint density at radius 2 is 1.54 bits per heavy atom. The summed E-state index contributed by atoms with van der Waals surface area (Å²) in [5, 5.41) is 0. The zero-order chi connectivity index (χ0) is 16.4. The van der Waals surface area contributed by atoms with Crippen molar-refractivity contribution in [2.45, 2.75) is 0 Å². The van der Waals surface area contributed by atoms with Gasteiger partial charge in [-0.25, -0.2) is 9.78 Å². The molecule has 3 aromatic carbocycles. The lowest BCUT2D eigenvalue weighted by Gasteiger charge is -2.07. The second-order valence-corrected chi connectivity index (χ2v) is 5.23. The van der Waals surface area contributed by atoms with Gasteiger partial charge in [0.05, 0.1) is 11.1 Å². The number of hydrogen-bond acceptors (Lipinski definition) is 4. The summed E-state index contributed by atoms with van der Waals surface area (Å²) in [7, 11) is 0. The van der Waals surface area contributed by atoms with Gasteiger partial charge >= 0.3 is 5.97 Å². The van der Waals surface area contributed by atoms with Crippen molar-refractivity contribution in [2.24, 2.45) is 0 Å². The Morgan fingerprint density at radius 1 is 0.833 bits per heavy atom. The Hall–Kier alpha value is -3.40. The molecular weight excluding hydrogens is 302 g/mol. The van der Waals surface area contributed by atoms with E-state index in [0.29, 0.717) is 28.4 Å². The largest absolute Gasteiger partial charge is 0.436 e. The Labute approximate surface area is 138 Å². The van der Waals surface area contributed by atoms with Crippen molar-refractivity contribution in [3.63, 3.8) is 0 Å². The minimum Gasteiger partial charge on any atom is -0.436 e. The molecule has 0 amide bonds. The second-order valence-electron chi connectivity index (χ2n) is 5.23. The number of hydrogen-bond donors (Lipinski definition) is 0. The van der Waals surface area contributed by atoms with Crippen molar-refractivity contribution >= 4 is 17.1 Å². The van der Waals surface area contributed by atoms with Crippen LogP contribution in [0.25, 0.3) is 22.6 Å². The van der Waals surface area contributed by atoms with E-state index in [4.69, 9.17) is 9.15 Å². The van der Waals surface area contributed by atoms with E-state index in [9.17, 15) is 4.79 Å². The normalized spacial score (nSPS) is 10.7. The van der Waals surface area contributed by atoms with Crippen molar-refractivity contribution in [1.29, 1.82) is 0 Å². The number of aromatic nitrogens is 1. The maximum Gasteiger partial charge on any atom is 0.344 e. The molecule has 116 valence electrons. The monoisotopic (exact) mass is 315 g/mol. The van der Waals surface area contributed by atoms with Gasteiger partial charge in [0, 0.05) is 0 Å². The lowest BCUT2D eigenvalue weighted by molar-refractivity contribution is 0.0735. The molecule has 4 nitrogen and oxygen atoms in total. The molecule has 1 heterocycles. The van der Waals surface area contributed by atoms with Gasteiger partial charge in [-0.1, -0.05) is 42.5 Å². The topological polar surface area (TPSA) is 52.3 Å². The van der Waals surface area contributed by atoms with Crippen LogP contribution >= 0.6 is 0 Å². The highest BCUT2D eigenvalue weighted by Gasteiger charge is 2.18. The van der Waals surface area contributed by atoms with Gasteiger partial charge in [0.2, 0.25) is 5.89 Å². The minimum atomic E-state index is -0.445. The molecule has 0 bridgehead atoms. The number of carbonyl (C=O) groups excluding carboxylic acids is 1. The van der Waals surface area contributed by atoms with Crippen LogP contribution in [0.15, 0.2) is 83.3 Å². The fourth-order valence-corrected chi connectivity index (χ4v) is 2.49. The van der Waals surface area contributed by atoms with Crippen molar-refractivity contribution in [3.05, 3.63) is 84.4 Å². The molecule has 24 heavy (non-hydrogen) atoms. The van der Waals surface area contributed by atoms with E-state index < -0.39 is 5.97 Å². The van der Waals surface area contributed by atoms with E-state index in [1.807, 2.05) is 48.5 Å². The predicted molar refractivity (Wildman–Crippen MR) is 90.8 cm³/mol. The average molecular weight is 315 g/mol. The fraction of sp³-hybridized carbons (Fsp3) is 0. The molecule has 0 aliphatic heterocycles. The van der Waals surface area contributed by atoms with Gasteiger partial charge in [-0.15, -0.1) is 0 Å². The van der Waals surface area contributed by atoms with Crippen molar-refractivity contribution in [2.75, 3.05) is 0 Å². The number of ether oxygens (including phenoxy) is 1. The van der Waals surface area contributed by atoms with Gasteiger partial charge in [-0.2, -0.15) is 0 Å². The lowest BCUT2D eigenvalue weighted by Crippen LogP contribution is -2.09. The van der Waals surface area contributed by atoms with Gasteiger partial charge < -0.3 is 9.15 Å². The molecule has 4 rings (SSSR count). The van der Waals surface area contributed by atoms with E-state index in [1.165, 1.54) is 0 Å². The Morgan fingerprint density at radius 3 is 2.38 bits per heavy atom. The van der Waals surface area contributed by atoms with Crippen LogP contribution in [0, 0.1) is 0 Å². The molecule has 0 spiro atoms. The molecule has 0 radical (unpaired) electrons. The molecule has 0 atom stereocenters. The van der Waals surface area contributed by atoms with E-state index >= 15 is 0 Å². The number of para-hydroxylation sites is 3. The highest BCUT2D eigenvalue weighted by molar-refractivity contribution is 5.97. The summed E-state index contributed by atoms with van der Waals surface area (Å²) in [4.78, 5) is 17.0. The Bertz CT molecular complexity index is 973. The minimum absolute atomic E-state index is 0.400. The molecule has 0 saturated heterocycles. The molecule has 0 aliphatic carbocycles. The first-order chi connectivity index (χ1) is 11.8. The summed E-state index contributed by atoms with van der Waals surface area (Å²) < 4.78 is 11.2. The second kappa shape index (κ2) is 6.01. The van der Waals surface area contributed by atoms with E-state index in [2.05, 4.69) is 4.98 Å². The third-order valence-corrected chi connectivity index (χ3v) is 3.63. The van der Waals surface area contributed by atoms with Gasteiger partial charge in [0.25, 0.3) is 0 Å². The maximum absolute atomic E-state index is 12.5. The third kappa shape index (κ3) is 2.65. The number of fused-ring (bicyclic) bond motifs is 1. The quantitative estimate of drug-likeness (QED) is 0.406. The summed E-state index contributed by atoms with van der Waals surface area (Å²) in [6.45, 7) is 0. The molecule has 4 heteroatoms. The average Bonchev–Trinajstić information content (AvgIpc) is 3.06. The highest BCUT2D eigenvalue weighted by Crippen LogP contribution is 2.27. The van der Waals surface area contributed by atoms with E-state index in [0.717, 1.165) is 5.52 Å². The van der Waals surface area contributed by atoms with Crippen LogP contribution in [0.4, 0.5) is 0 Å². The van der Waals surface area contributed by atoms with Crippen LogP contribution in [0.1, 0.15) is 10.4 Å². The van der Waals surface area contributed by atoms with Crippen LogP contribution in [0.5, 0.6) is 5.75 Å². The molecule has 4 aromatic rings. The van der Waals surface area contributed by atoms with Gasteiger partial charge in [0.15, 0.2) is 5.58 Å². The number of nitrogens with zero attached hydrogens (tertiary/aromatic N) is 1. The molecular formula is C20H13NO3. The van der Waals surface area contributed by atoms with Crippen LogP contribution in [-0.2, 0) is 0 Å². The summed E-state index contributed by atoms with van der Waals surface area (Å²) in [6.07, 6.45) is 0.